The van der Waals surface area contributed by atoms with Crippen molar-refractivity contribution in [2.45, 2.75) is 11.8 Å². The first-order valence-electron chi connectivity index (χ1n) is 4.92. The highest BCUT2D eigenvalue weighted by atomic mass is 35.5. The molecule has 2 N–H and O–H groups in total. The quantitative estimate of drug-likeness (QED) is 0.872. The van der Waals surface area contributed by atoms with Crippen LogP contribution in [0.2, 0.25) is 10.0 Å². The lowest BCUT2D eigenvalue weighted by Gasteiger charge is -2.10. The van der Waals surface area contributed by atoms with Gasteiger partial charge < -0.3 is 5.11 Å². The molecule has 0 bridgehead atoms. The van der Waals surface area contributed by atoms with Gasteiger partial charge in [0, 0.05) is 13.2 Å². The predicted molar refractivity (Wildman–Crippen MR) is 67.9 cm³/mol. The molecular formula is C10H13Cl2NO3S. The van der Waals surface area contributed by atoms with E-state index < -0.39 is 10.0 Å². The molecule has 0 aliphatic carbocycles. The van der Waals surface area contributed by atoms with Gasteiger partial charge in [0.25, 0.3) is 0 Å². The highest BCUT2D eigenvalue weighted by Crippen LogP contribution is 2.24. The van der Waals surface area contributed by atoms with E-state index in [2.05, 4.69) is 4.72 Å². The molecule has 1 aromatic carbocycles. The minimum atomic E-state index is -3.61. The fourth-order valence-corrected chi connectivity index (χ4v) is 2.60. The van der Waals surface area contributed by atoms with Gasteiger partial charge in [-0.1, -0.05) is 30.1 Å². The Hall–Kier alpha value is -0.330. The predicted octanol–water partition coefficient (Wildman–Crippen LogP) is 1.90. The van der Waals surface area contributed by atoms with Gasteiger partial charge in [0.15, 0.2) is 0 Å². The Labute approximate surface area is 111 Å². The highest BCUT2D eigenvalue weighted by Gasteiger charge is 2.16. The number of benzene rings is 1. The average Bonchev–Trinajstić information content (AvgIpc) is 2.29. The Bertz CT molecular complexity index is 490. The molecule has 7 heteroatoms. The van der Waals surface area contributed by atoms with Crippen LogP contribution in [0, 0.1) is 5.92 Å². The maximum absolute atomic E-state index is 11.8. The summed E-state index contributed by atoms with van der Waals surface area (Å²) in [6.45, 7) is 1.82. The summed E-state index contributed by atoms with van der Waals surface area (Å²) in [5, 5.41) is 9.29. The molecule has 17 heavy (non-hydrogen) atoms. The van der Waals surface area contributed by atoms with Gasteiger partial charge in [0.2, 0.25) is 10.0 Å². The number of halogens is 2. The molecule has 0 amide bonds. The highest BCUT2D eigenvalue weighted by molar-refractivity contribution is 7.89. The largest absolute Gasteiger partial charge is 0.396 e. The van der Waals surface area contributed by atoms with E-state index in [0.717, 1.165) is 0 Å². The van der Waals surface area contributed by atoms with Gasteiger partial charge in [0.05, 0.1) is 14.9 Å². The van der Waals surface area contributed by atoms with E-state index in [0.29, 0.717) is 5.02 Å². The zero-order valence-electron chi connectivity index (χ0n) is 9.15. The number of nitrogens with one attached hydrogen (secondary N) is 1. The van der Waals surface area contributed by atoms with Crippen LogP contribution < -0.4 is 4.72 Å². The summed E-state index contributed by atoms with van der Waals surface area (Å²) >= 11 is 11.4. The Kier molecular flexibility index (Phi) is 5.22. The number of aliphatic hydroxyl groups excluding tert-OH is 1. The minimum absolute atomic E-state index is 0.0528. The molecule has 4 nitrogen and oxygen atoms in total. The van der Waals surface area contributed by atoms with E-state index >= 15 is 0 Å². The number of rotatable bonds is 5. The van der Waals surface area contributed by atoms with E-state index in [-0.39, 0.29) is 29.0 Å². The van der Waals surface area contributed by atoms with Crippen molar-refractivity contribution in [2.75, 3.05) is 13.2 Å². The molecule has 1 rings (SSSR count). The smallest absolute Gasteiger partial charge is 0.240 e. The van der Waals surface area contributed by atoms with E-state index in [9.17, 15) is 8.42 Å². The van der Waals surface area contributed by atoms with Crippen molar-refractivity contribution in [3.8, 4) is 0 Å². The Balaban J connectivity index is 2.86. The summed E-state index contributed by atoms with van der Waals surface area (Å²) < 4.78 is 26.0. The third kappa shape index (κ3) is 4.12. The van der Waals surface area contributed by atoms with E-state index in [1.165, 1.54) is 18.2 Å². The van der Waals surface area contributed by atoms with Gasteiger partial charge in [-0.3, -0.25) is 0 Å². The molecule has 0 aliphatic heterocycles. The second kappa shape index (κ2) is 6.02. The van der Waals surface area contributed by atoms with Gasteiger partial charge in [-0.2, -0.15) is 0 Å². The van der Waals surface area contributed by atoms with Crippen LogP contribution in [0.1, 0.15) is 6.92 Å². The molecule has 1 aromatic rings. The molecule has 0 radical (unpaired) electrons. The maximum atomic E-state index is 11.8. The van der Waals surface area contributed by atoms with Gasteiger partial charge in [-0.15, -0.1) is 0 Å². The second-order valence-electron chi connectivity index (χ2n) is 3.72. The summed E-state index contributed by atoms with van der Waals surface area (Å²) in [5.74, 6) is -0.146. The first kappa shape index (κ1) is 14.7. The van der Waals surface area contributed by atoms with Crippen LogP contribution in [0.3, 0.4) is 0 Å². The third-order valence-corrected chi connectivity index (χ3v) is 4.30. The van der Waals surface area contributed by atoms with Crippen LogP contribution in [-0.2, 0) is 10.0 Å². The van der Waals surface area contributed by atoms with Gasteiger partial charge in [-0.25, -0.2) is 13.1 Å². The zero-order valence-corrected chi connectivity index (χ0v) is 11.5. The summed E-state index contributed by atoms with van der Waals surface area (Å²) in [6.07, 6.45) is 0. The number of hydrogen-bond acceptors (Lipinski definition) is 3. The van der Waals surface area contributed by atoms with E-state index in [1.54, 1.807) is 6.92 Å². The number of sulfonamides is 1. The number of aliphatic hydroxyl groups is 1. The lowest BCUT2D eigenvalue weighted by molar-refractivity contribution is 0.238. The molecule has 0 heterocycles. The minimum Gasteiger partial charge on any atom is -0.396 e. The van der Waals surface area contributed by atoms with Crippen molar-refractivity contribution in [1.29, 1.82) is 0 Å². The van der Waals surface area contributed by atoms with Crippen LogP contribution >= 0.6 is 23.2 Å². The topological polar surface area (TPSA) is 66.4 Å². The molecule has 0 aliphatic rings. The molecule has 96 valence electrons. The van der Waals surface area contributed by atoms with Crippen LogP contribution in [0.5, 0.6) is 0 Å². The third-order valence-electron chi connectivity index (χ3n) is 2.13. The van der Waals surface area contributed by atoms with Gasteiger partial charge in [0.1, 0.15) is 0 Å². The molecular weight excluding hydrogens is 285 g/mol. The lowest BCUT2D eigenvalue weighted by atomic mass is 10.2. The Morgan fingerprint density at radius 1 is 1.35 bits per heavy atom. The zero-order chi connectivity index (χ0) is 13.1. The molecule has 0 saturated heterocycles. The SMILES string of the molecule is CC(CO)CNS(=O)(=O)c1ccc(Cl)c(Cl)c1. The van der Waals surface area contributed by atoms with E-state index in [4.69, 9.17) is 28.3 Å². The van der Waals surface area contributed by atoms with Crippen molar-refractivity contribution in [2.24, 2.45) is 5.92 Å². The van der Waals surface area contributed by atoms with Crippen LogP contribution in [0.15, 0.2) is 23.1 Å². The lowest BCUT2D eigenvalue weighted by Crippen LogP contribution is -2.29. The van der Waals surface area contributed by atoms with Gasteiger partial charge >= 0.3 is 0 Å². The molecule has 1 atom stereocenters. The maximum Gasteiger partial charge on any atom is 0.240 e. The Morgan fingerprint density at radius 2 is 2.00 bits per heavy atom. The fraction of sp³-hybridized carbons (Fsp3) is 0.400. The summed E-state index contributed by atoms with van der Waals surface area (Å²) in [4.78, 5) is 0.0528. The standard InChI is InChI=1S/C10H13Cl2NO3S/c1-7(6-14)5-13-17(15,16)8-2-3-9(11)10(12)4-8/h2-4,7,13-14H,5-6H2,1H3. The van der Waals surface area contributed by atoms with Crippen LogP contribution in [0.25, 0.3) is 0 Å². The van der Waals surface area contributed by atoms with Crippen molar-refractivity contribution in [3.05, 3.63) is 28.2 Å². The first-order valence-corrected chi connectivity index (χ1v) is 7.16. The van der Waals surface area contributed by atoms with Crippen molar-refractivity contribution in [1.82, 2.24) is 4.72 Å². The Morgan fingerprint density at radius 3 is 2.53 bits per heavy atom. The summed E-state index contributed by atoms with van der Waals surface area (Å²) in [6, 6.07) is 4.09. The molecule has 0 saturated carbocycles. The first-order chi connectivity index (χ1) is 7.86. The summed E-state index contributed by atoms with van der Waals surface area (Å²) in [7, 11) is -3.61. The van der Waals surface area contributed by atoms with Crippen molar-refractivity contribution >= 4 is 33.2 Å². The molecule has 0 aromatic heterocycles. The van der Waals surface area contributed by atoms with Crippen molar-refractivity contribution < 1.29 is 13.5 Å². The van der Waals surface area contributed by atoms with Crippen LogP contribution in [-0.4, -0.2) is 26.7 Å². The summed E-state index contributed by atoms with van der Waals surface area (Å²) in [5.41, 5.74) is 0. The van der Waals surface area contributed by atoms with Crippen molar-refractivity contribution in [3.63, 3.8) is 0 Å². The number of hydrogen-bond donors (Lipinski definition) is 2. The monoisotopic (exact) mass is 297 g/mol. The average molecular weight is 298 g/mol. The molecule has 1 unspecified atom stereocenters. The van der Waals surface area contributed by atoms with Crippen LogP contribution in [0.4, 0.5) is 0 Å². The van der Waals surface area contributed by atoms with E-state index in [1.807, 2.05) is 0 Å². The van der Waals surface area contributed by atoms with Gasteiger partial charge in [-0.05, 0) is 24.1 Å². The molecule has 0 spiro atoms. The fourth-order valence-electron chi connectivity index (χ4n) is 1.04. The normalized spacial score (nSPS) is 13.6. The molecule has 0 fully saturated rings. The second-order valence-corrected chi connectivity index (χ2v) is 6.30.